The Hall–Kier alpha value is -4.58. The molecule has 4 aromatic rings. The molecule has 0 spiro atoms. The summed E-state index contributed by atoms with van der Waals surface area (Å²) in [5.74, 6) is -3.73. The predicted molar refractivity (Wildman–Crippen MR) is 142 cm³/mol. The van der Waals surface area contributed by atoms with Crippen LogP contribution in [0.2, 0.25) is 5.02 Å². The van der Waals surface area contributed by atoms with E-state index in [9.17, 15) is 36.3 Å². The molecule has 1 fully saturated rings. The van der Waals surface area contributed by atoms with Crippen LogP contribution < -0.4 is 16.2 Å². The zero-order valence-corrected chi connectivity index (χ0v) is 22.0. The second-order valence-corrected chi connectivity index (χ2v) is 10.4. The Morgan fingerprint density at radius 3 is 2.48 bits per heavy atom. The summed E-state index contributed by atoms with van der Waals surface area (Å²) in [5.41, 5.74) is -1.65. The number of pyridine rings is 2. The molecule has 0 saturated heterocycles. The van der Waals surface area contributed by atoms with E-state index in [-0.39, 0.29) is 50.9 Å². The average Bonchev–Trinajstić information content (AvgIpc) is 3.72. The van der Waals surface area contributed by atoms with Gasteiger partial charge in [-0.25, -0.2) is 13.8 Å². The molecule has 2 aromatic heterocycles. The molecule has 1 aliphatic heterocycles. The van der Waals surface area contributed by atoms with Gasteiger partial charge in [0.1, 0.15) is 17.3 Å². The highest BCUT2D eigenvalue weighted by molar-refractivity contribution is 6.31. The number of nitrogens with one attached hydrogen (secondary N) is 2. The highest BCUT2D eigenvalue weighted by atomic mass is 35.5. The third-order valence-electron chi connectivity index (χ3n) is 7.02. The second kappa shape index (κ2) is 10.1. The minimum absolute atomic E-state index is 0.0182. The average molecular weight is 601 g/mol. The second-order valence-electron chi connectivity index (χ2n) is 9.96. The van der Waals surface area contributed by atoms with E-state index in [1.54, 1.807) is 6.20 Å². The van der Waals surface area contributed by atoms with Gasteiger partial charge >= 0.3 is 6.18 Å². The Labute approximate surface area is 239 Å². The maximum Gasteiger partial charge on any atom is 0.416 e. The van der Waals surface area contributed by atoms with Gasteiger partial charge in [-0.05, 0) is 61.4 Å². The Balaban J connectivity index is 1.50. The number of anilines is 1. The number of fused-ring (bicyclic) bond motifs is 1. The first-order valence-corrected chi connectivity index (χ1v) is 13.0. The van der Waals surface area contributed by atoms with Crippen LogP contribution in [0.3, 0.4) is 0 Å². The van der Waals surface area contributed by atoms with Crippen molar-refractivity contribution in [3.63, 3.8) is 0 Å². The number of amides is 2. The lowest BCUT2D eigenvalue weighted by atomic mass is 9.97. The lowest BCUT2D eigenvalue weighted by Gasteiger charge is -2.19. The van der Waals surface area contributed by atoms with Crippen LogP contribution in [0.4, 0.5) is 27.6 Å². The van der Waals surface area contributed by atoms with E-state index in [0.717, 1.165) is 25.0 Å². The number of nitrogens with zero attached hydrogens (tertiary/aromatic N) is 2. The molecule has 1 atom stereocenters. The summed E-state index contributed by atoms with van der Waals surface area (Å²) in [6.07, 6.45) is -1.72. The molecule has 2 N–H and O–H groups in total. The van der Waals surface area contributed by atoms with Crippen LogP contribution in [0, 0.1) is 11.6 Å². The van der Waals surface area contributed by atoms with Crippen molar-refractivity contribution >= 4 is 29.1 Å². The number of hydrogen-bond donors (Lipinski definition) is 2. The van der Waals surface area contributed by atoms with E-state index < -0.39 is 46.8 Å². The van der Waals surface area contributed by atoms with E-state index in [1.165, 1.54) is 28.8 Å². The highest BCUT2D eigenvalue weighted by Crippen LogP contribution is 2.41. The Morgan fingerprint density at radius 2 is 1.76 bits per heavy atom. The molecule has 0 bridgehead atoms. The number of halogens is 6. The number of carbonyl (C=O) groups is 2. The molecule has 2 aliphatic rings. The summed E-state index contributed by atoms with van der Waals surface area (Å²) in [4.78, 5) is 43.2. The first-order chi connectivity index (χ1) is 19.9. The van der Waals surface area contributed by atoms with Crippen molar-refractivity contribution in [1.82, 2.24) is 14.9 Å². The summed E-state index contributed by atoms with van der Waals surface area (Å²) < 4.78 is 69.8. The van der Waals surface area contributed by atoms with Crippen LogP contribution in [0.15, 0.2) is 65.6 Å². The molecule has 0 unspecified atom stereocenters. The number of alkyl halides is 3. The molecular formula is C29H18ClF5N4O3. The van der Waals surface area contributed by atoms with Crippen LogP contribution in [-0.2, 0) is 6.18 Å². The van der Waals surface area contributed by atoms with Gasteiger partial charge in [0, 0.05) is 45.6 Å². The summed E-state index contributed by atoms with van der Waals surface area (Å²) in [6, 6.07) is 8.01. The summed E-state index contributed by atoms with van der Waals surface area (Å²) in [7, 11) is 0. The Bertz CT molecular complexity index is 1850. The number of benzene rings is 2. The number of rotatable bonds is 5. The smallest absolute Gasteiger partial charge is 0.340 e. The van der Waals surface area contributed by atoms with Crippen molar-refractivity contribution in [2.75, 3.05) is 5.32 Å². The van der Waals surface area contributed by atoms with Crippen molar-refractivity contribution in [2.45, 2.75) is 31.1 Å². The van der Waals surface area contributed by atoms with Gasteiger partial charge in [-0.15, -0.1) is 0 Å². The van der Waals surface area contributed by atoms with Gasteiger partial charge in [0.05, 0.1) is 23.0 Å². The van der Waals surface area contributed by atoms with Crippen molar-refractivity contribution in [1.29, 1.82) is 0 Å². The van der Waals surface area contributed by atoms with E-state index in [2.05, 4.69) is 15.6 Å². The molecule has 0 radical (unpaired) electrons. The van der Waals surface area contributed by atoms with Crippen LogP contribution in [0.1, 0.15) is 62.5 Å². The van der Waals surface area contributed by atoms with Gasteiger partial charge in [0.15, 0.2) is 0 Å². The predicted octanol–water partition coefficient (Wildman–Crippen LogP) is 6.28. The third kappa shape index (κ3) is 5.13. The van der Waals surface area contributed by atoms with Gasteiger partial charge in [0.25, 0.3) is 17.4 Å². The van der Waals surface area contributed by atoms with Crippen LogP contribution in [-0.4, -0.2) is 21.4 Å². The molecule has 13 heteroatoms. The summed E-state index contributed by atoms with van der Waals surface area (Å²) in [6.45, 7) is 0. The molecule has 214 valence electrons. The van der Waals surface area contributed by atoms with E-state index in [4.69, 9.17) is 11.6 Å². The zero-order valence-electron chi connectivity index (χ0n) is 21.2. The first-order valence-electron chi connectivity index (χ1n) is 12.6. The molecule has 3 heterocycles. The summed E-state index contributed by atoms with van der Waals surface area (Å²) in [5, 5.41) is 5.22. The van der Waals surface area contributed by atoms with Crippen molar-refractivity contribution in [3.05, 3.63) is 116 Å². The van der Waals surface area contributed by atoms with Gasteiger partial charge in [0.2, 0.25) is 0 Å². The maximum absolute atomic E-state index is 14.2. The Morgan fingerprint density at radius 1 is 1.00 bits per heavy atom. The van der Waals surface area contributed by atoms with Gasteiger partial charge in [-0.3, -0.25) is 14.4 Å². The van der Waals surface area contributed by atoms with Crippen LogP contribution in [0.5, 0.6) is 0 Å². The Kier molecular flexibility index (Phi) is 6.60. The third-order valence-corrected chi connectivity index (χ3v) is 7.36. The summed E-state index contributed by atoms with van der Waals surface area (Å²) >= 11 is 6.31. The number of hydrogen-bond acceptors (Lipinski definition) is 4. The monoisotopic (exact) mass is 600 g/mol. The fourth-order valence-corrected chi connectivity index (χ4v) is 5.11. The molecule has 1 aliphatic carbocycles. The molecule has 2 aromatic carbocycles. The zero-order chi connectivity index (χ0) is 29.9. The normalized spacial score (nSPS) is 16.2. The lowest BCUT2D eigenvalue weighted by molar-refractivity contribution is -0.137. The minimum Gasteiger partial charge on any atom is -0.340 e. The largest absolute Gasteiger partial charge is 0.416 e. The topological polar surface area (TPSA) is 93.1 Å². The highest BCUT2D eigenvalue weighted by Gasteiger charge is 2.37. The maximum atomic E-state index is 14.2. The van der Waals surface area contributed by atoms with Crippen LogP contribution in [0.25, 0.3) is 11.3 Å². The molecular weight excluding hydrogens is 583 g/mol. The molecule has 7 nitrogen and oxygen atoms in total. The van der Waals surface area contributed by atoms with Gasteiger partial charge < -0.3 is 15.2 Å². The van der Waals surface area contributed by atoms with Crippen molar-refractivity contribution < 1.29 is 31.5 Å². The van der Waals surface area contributed by atoms with Crippen LogP contribution >= 0.6 is 11.6 Å². The van der Waals surface area contributed by atoms with Gasteiger partial charge in [-0.1, -0.05) is 11.6 Å². The van der Waals surface area contributed by atoms with E-state index >= 15 is 0 Å². The van der Waals surface area contributed by atoms with E-state index in [1.807, 2.05) is 0 Å². The van der Waals surface area contributed by atoms with E-state index in [0.29, 0.717) is 17.7 Å². The lowest BCUT2D eigenvalue weighted by Crippen LogP contribution is -2.21. The van der Waals surface area contributed by atoms with Gasteiger partial charge in [-0.2, -0.15) is 13.2 Å². The van der Waals surface area contributed by atoms with Crippen molar-refractivity contribution in [3.8, 4) is 11.3 Å². The quantitative estimate of drug-likeness (QED) is 0.264. The molecule has 42 heavy (non-hydrogen) atoms. The number of carbonyl (C=O) groups excluding carboxylic acids is 2. The standard InChI is InChI=1S/C29H18ClF5N4O3/c30-20-5-2-16(31)10-19(20)25-24-22(37-27(41)14-7-15(29(33,34)35)9-17(32)8-14)11-21(36-26(24)28(42)38-25)13-1-6-23(40)39(12-13)18-3-4-18/h1-2,5-12,18,25H,3-4H2,(H,38,42)(H,36,37,41)/t25-/m0/s1. The fourth-order valence-electron chi connectivity index (χ4n) is 4.88. The molecule has 2 amide bonds. The van der Waals surface area contributed by atoms with Crippen molar-refractivity contribution in [2.24, 2.45) is 0 Å². The first kappa shape index (κ1) is 27.6. The molecule has 6 rings (SSSR count). The number of aromatic nitrogens is 2. The minimum atomic E-state index is -4.91. The SMILES string of the molecule is O=C(Nc1cc(-c2ccc(=O)n(C3CC3)c2)nc2c1[C@H](c1cc(F)ccc1Cl)NC2=O)c1cc(F)cc(C(F)(F)F)c1. The molecule has 1 saturated carbocycles. The fraction of sp³-hybridized carbons (Fsp3) is 0.172.